The van der Waals surface area contributed by atoms with E-state index in [1.54, 1.807) is 9.80 Å². The third-order valence-electron chi connectivity index (χ3n) is 6.62. The topological polar surface area (TPSA) is 91.3 Å². The third-order valence-corrected chi connectivity index (χ3v) is 6.93. The summed E-state index contributed by atoms with van der Waals surface area (Å²) in [7, 11) is 1.44. The second-order valence-corrected chi connectivity index (χ2v) is 9.30. The molecule has 9 heteroatoms. The number of rotatable bonds is 3. The van der Waals surface area contributed by atoms with Crippen molar-refractivity contribution in [2.24, 2.45) is 0 Å². The number of hydrogen-bond donors (Lipinski definition) is 2. The summed E-state index contributed by atoms with van der Waals surface area (Å²) >= 11 is 5.98. The number of piperidine rings is 2. The molecule has 188 valence electrons. The summed E-state index contributed by atoms with van der Waals surface area (Å²) in [4.78, 5) is 28.8. The Morgan fingerprint density at radius 1 is 1.14 bits per heavy atom. The van der Waals surface area contributed by atoms with E-state index in [1.165, 1.54) is 51.6 Å². The van der Waals surface area contributed by atoms with Crippen LogP contribution in [0, 0.1) is 0 Å². The lowest BCUT2D eigenvalue weighted by molar-refractivity contribution is 0.0705. The number of aromatic hydroxyl groups is 1. The molecular formula is C26H32ClN3O5. The Hall–Kier alpha value is -2.97. The van der Waals surface area contributed by atoms with E-state index >= 15 is 0 Å². The van der Waals surface area contributed by atoms with Gasteiger partial charge in [0.2, 0.25) is 0 Å². The molecule has 0 saturated carbocycles. The average Bonchev–Trinajstić information content (AvgIpc) is 2.91. The molecule has 2 amide bonds. The lowest BCUT2D eigenvalue weighted by Crippen LogP contribution is -2.50. The van der Waals surface area contributed by atoms with Crippen molar-refractivity contribution >= 4 is 29.3 Å². The first-order valence-corrected chi connectivity index (χ1v) is 12.5. The normalized spacial score (nSPS) is 18.2. The molecule has 35 heavy (non-hydrogen) atoms. The van der Waals surface area contributed by atoms with Crippen LogP contribution < -0.4 is 15.0 Å². The number of hydrogen-bond acceptors (Lipinski definition) is 6. The van der Waals surface area contributed by atoms with Gasteiger partial charge >= 0.3 is 6.09 Å². The fourth-order valence-corrected chi connectivity index (χ4v) is 4.86. The smallest absolute Gasteiger partial charge is 0.414 e. The number of halogens is 1. The summed E-state index contributed by atoms with van der Waals surface area (Å²) < 4.78 is 10.5. The predicted molar refractivity (Wildman–Crippen MR) is 134 cm³/mol. The molecule has 8 nitrogen and oxygen atoms in total. The summed E-state index contributed by atoms with van der Waals surface area (Å²) in [6.07, 6.45) is 5.13. The predicted octanol–water partition coefficient (Wildman–Crippen LogP) is 4.58. The highest BCUT2D eigenvalue weighted by Gasteiger charge is 2.35. The molecule has 0 aliphatic carbocycles. The van der Waals surface area contributed by atoms with Crippen molar-refractivity contribution in [2.75, 3.05) is 38.2 Å². The molecule has 2 saturated heterocycles. The molecule has 2 aromatic carbocycles. The minimum absolute atomic E-state index is 0.0432. The molecule has 0 aromatic heterocycles. The molecule has 3 aliphatic rings. The van der Waals surface area contributed by atoms with Crippen LogP contribution in [0.4, 0.5) is 10.5 Å². The number of carbonyl (C=O) groups excluding carboxylic acids is 2. The van der Waals surface area contributed by atoms with Crippen LogP contribution in [0.5, 0.6) is 11.5 Å². The van der Waals surface area contributed by atoms with E-state index in [0.717, 1.165) is 11.3 Å². The number of anilines is 1. The van der Waals surface area contributed by atoms with Crippen molar-refractivity contribution in [2.45, 2.75) is 44.8 Å². The van der Waals surface area contributed by atoms with Gasteiger partial charge in [0.05, 0.1) is 23.4 Å². The largest absolute Gasteiger partial charge is 0.506 e. The Bertz CT molecular complexity index is 1040. The van der Waals surface area contributed by atoms with Gasteiger partial charge in [0.15, 0.2) is 0 Å². The number of ether oxygens (including phenoxy) is 2. The minimum atomic E-state index is -0.347. The number of cyclic esters (lactones) is 1. The number of nitrogens with one attached hydrogen (secondary N) is 1. The maximum Gasteiger partial charge on any atom is 0.414 e. The van der Waals surface area contributed by atoms with Gasteiger partial charge in [0.25, 0.3) is 5.91 Å². The highest BCUT2D eigenvalue weighted by molar-refractivity contribution is 6.32. The quantitative estimate of drug-likeness (QED) is 0.640. The van der Waals surface area contributed by atoms with Gasteiger partial charge in [0.1, 0.15) is 18.1 Å². The van der Waals surface area contributed by atoms with Crippen LogP contribution in [0.1, 0.15) is 48.0 Å². The number of para-hydroxylation sites is 1. The summed E-state index contributed by atoms with van der Waals surface area (Å²) in [6, 6.07) is 10.4. The van der Waals surface area contributed by atoms with Crippen LogP contribution in [0.15, 0.2) is 36.4 Å². The second kappa shape index (κ2) is 11.6. The lowest BCUT2D eigenvalue weighted by atomic mass is 10.00. The maximum absolute atomic E-state index is 13.0. The Balaban J connectivity index is 0.000000421. The van der Waals surface area contributed by atoms with E-state index in [0.29, 0.717) is 31.5 Å². The van der Waals surface area contributed by atoms with E-state index in [4.69, 9.17) is 21.1 Å². The molecule has 2 aromatic rings. The first kappa shape index (κ1) is 25.1. The zero-order valence-corrected chi connectivity index (χ0v) is 20.7. The van der Waals surface area contributed by atoms with Crippen LogP contribution in [0.3, 0.4) is 0 Å². The Morgan fingerprint density at radius 3 is 2.49 bits per heavy atom. The van der Waals surface area contributed by atoms with Crippen molar-refractivity contribution < 1.29 is 24.2 Å². The van der Waals surface area contributed by atoms with Gasteiger partial charge in [-0.15, -0.1) is 0 Å². The van der Waals surface area contributed by atoms with Crippen molar-refractivity contribution in [1.29, 1.82) is 0 Å². The molecule has 2 fully saturated rings. The summed E-state index contributed by atoms with van der Waals surface area (Å²) in [5.41, 5.74) is 2.16. The maximum atomic E-state index is 13.0. The van der Waals surface area contributed by atoms with E-state index < -0.39 is 0 Å². The van der Waals surface area contributed by atoms with E-state index in [9.17, 15) is 14.7 Å². The zero-order valence-electron chi connectivity index (χ0n) is 20.0. The van der Waals surface area contributed by atoms with Crippen molar-refractivity contribution in [3.05, 3.63) is 52.5 Å². The molecule has 5 rings (SSSR count). The standard InChI is InChI=1S/C21H21ClN2O5.C5H11N/c1-28-19-11-18(25)16(22)10-15(19)20(26)23-8-6-14(7-9-23)24-17-5-3-2-4-13(17)12-29-21(24)27;1-2-4-6-5-3-1/h2-5,10-11,14,25H,6-9,12H2,1H3;6H,1-5H2. The minimum Gasteiger partial charge on any atom is -0.506 e. The van der Waals surface area contributed by atoms with Gasteiger partial charge in [-0.3, -0.25) is 9.69 Å². The van der Waals surface area contributed by atoms with Gasteiger partial charge < -0.3 is 24.8 Å². The van der Waals surface area contributed by atoms with Crippen LogP contribution in [0.25, 0.3) is 0 Å². The first-order chi connectivity index (χ1) is 17.0. The van der Waals surface area contributed by atoms with Gasteiger partial charge in [-0.1, -0.05) is 36.2 Å². The SMILES string of the molecule is C1CCNCC1.COc1cc(O)c(Cl)cc1C(=O)N1CCC(N2C(=O)OCc3ccccc32)CC1. The first-order valence-electron chi connectivity index (χ1n) is 12.1. The monoisotopic (exact) mass is 501 g/mol. The molecular weight excluding hydrogens is 470 g/mol. The lowest BCUT2D eigenvalue weighted by Gasteiger charge is -2.40. The van der Waals surface area contributed by atoms with Crippen LogP contribution in [0.2, 0.25) is 5.02 Å². The summed E-state index contributed by atoms with van der Waals surface area (Å²) in [5.74, 6) is -0.0857. The molecule has 0 radical (unpaired) electrons. The van der Waals surface area contributed by atoms with Crippen molar-refractivity contribution in [3.8, 4) is 11.5 Å². The van der Waals surface area contributed by atoms with E-state index in [-0.39, 0.29) is 41.2 Å². The molecule has 0 unspecified atom stereocenters. The van der Waals surface area contributed by atoms with E-state index in [1.807, 2.05) is 24.3 Å². The third kappa shape index (κ3) is 5.82. The zero-order chi connectivity index (χ0) is 24.8. The van der Waals surface area contributed by atoms with Crippen LogP contribution in [-0.4, -0.2) is 61.3 Å². The average molecular weight is 502 g/mol. The van der Waals surface area contributed by atoms with Gasteiger partial charge in [-0.2, -0.15) is 0 Å². The van der Waals surface area contributed by atoms with E-state index in [2.05, 4.69) is 5.32 Å². The number of amides is 2. The highest BCUT2D eigenvalue weighted by Crippen LogP contribution is 2.34. The second-order valence-electron chi connectivity index (χ2n) is 8.89. The fraction of sp³-hybridized carbons (Fsp3) is 0.462. The number of fused-ring (bicyclic) bond motifs is 1. The molecule has 0 atom stereocenters. The van der Waals surface area contributed by atoms with Gasteiger partial charge in [-0.25, -0.2) is 4.79 Å². The molecule has 2 N–H and O–H groups in total. The number of nitrogens with zero attached hydrogens (tertiary/aromatic N) is 2. The Kier molecular flexibility index (Phi) is 8.36. The van der Waals surface area contributed by atoms with Crippen molar-refractivity contribution in [3.63, 3.8) is 0 Å². The number of methoxy groups -OCH3 is 1. The summed E-state index contributed by atoms with van der Waals surface area (Å²) in [5, 5.41) is 13.1. The fourth-order valence-electron chi connectivity index (χ4n) is 4.70. The summed E-state index contributed by atoms with van der Waals surface area (Å²) in [6.45, 7) is 3.75. The number of likely N-dealkylation sites (tertiary alicyclic amines) is 1. The number of benzene rings is 2. The Labute approximate surface area is 210 Å². The molecule has 0 spiro atoms. The molecule has 3 aliphatic heterocycles. The van der Waals surface area contributed by atoms with Crippen molar-refractivity contribution in [1.82, 2.24) is 10.2 Å². The van der Waals surface area contributed by atoms with Crippen LogP contribution in [-0.2, 0) is 11.3 Å². The molecule has 0 bridgehead atoms. The Morgan fingerprint density at radius 2 is 1.86 bits per heavy atom. The van der Waals surface area contributed by atoms with Gasteiger partial charge in [-0.05, 0) is 50.9 Å². The van der Waals surface area contributed by atoms with Gasteiger partial charge in [0, 0.05) is 30.8 Å². The molecule has 3 heterocycles. The number of carbonyl (C=O) groups is 2. The number of phenols is 1. The van der Waals surface area contributed by atoms with Crippen LogP contribution >= 0.6 is 11.6 Å². The highest BCUT2D eigenvalue weighted by atomic mass is 35.5. The number of phenolic OH excluding ortho intramolecular Hbond substituents is 1.